The van der Waals surface area contributed by atoms with Crippen molar-refractivity contribution in [3.63, 3.8) is 0 Å². The zero-order valence-corrected chi connectivity index (χ0v) is 7.92. The van der Waals surface area contributed by atoms with Crippen LogP contribution in [0.5, 0.6) is 0 Å². The lowest BCUT2D eigenvalue weighted by molar-refractivity contribution is 0.0917. The van der Waals surface area contributed by atoms with Gasteiger partial charge in [0, 0.05) is 5.56 Å². The molecule has 1 aromatic carbocycles. The number of amides is 1. The Balaban J connectivity index is 2.89. The van der Waals surface area contributed by atoms with Gasteiger partial charge in [0.25, 0.3) is 5.91 Å². The molecule has 4 nitrogen and oxygen atoms in total. The molecule has 14 heavy (non-hydrogen) atoms. The molecule has 0 saturated carbocycles. The fraction of sp³-hybridized carbons (Fsp3) is 0. The third-order valence-corrected chi connectivity index (χ3v) is 1.99. The van der Waals surface area contributed by atoms with Crippen molar-refractivity contribution in [2.75, 3.05) is 0 Å². The van der Waals surface area contributed by atoms with E-state index in [0.29, 0.717) is 4.31 Å². The molecule has 0 aliphatic heterocycles. The maximum absolute atomic E-state index is 12.2. The van der Waals surface area contributed by atoms with Gasteiger partial charge in [0.05, 0.1) is 0 Å². The van der Waals surface area contributed by atoms with Crippen molar-refractivity contribution in [2.45, 2.75) is 0 Å². The Morgan fingerprint density at radius 3 is 2.43 bits per heavy atom. The number of carbonyl (C=O) groups excluding carboxylic acids is 1. The highest BCUT2D eigenvalue weighted by molar-refractivity contribution is 7.93. The van der Waals surface area contributed by atoms with Gasteiger partial charge in [-0.1, -0.05) is 18.2 Å². The number of hydrogen-bond donors (Lipinski definition) is 2. The van der Waals surface area contributed by atoms with E-state index in [1.54, 1.807) is 18.2 Å². The minimum Gasteiger partial charge on any atom is -0.369 e. The maximum atomic E-state index is 12.2. The zero-order chi connectivity index (χ0) is 10.6. The Hall–Kier alpha value is -1.56. The van der Waals surface area contributed by atoms with Crippen LogP contribution in [0, 0.1) is 5.41 Å². The summed E-state index contributed by atoms with van der Waals surface area (Å²) < 4.78 is 12.7. The van der Waals surface area contributed by atoms with Crippen LogP contribution in [0.1, 0.15) is 10.4 Å². The summed E-state index contributed by atoms with van der Waals surface area (Å²) in [6.07, 6.45) is 0. The molecule has 0 bridgehead atoms. The van der Waals surface area contributed by atoms with E-state index in [1.165, 1.54) is 12.1 Å². The Morgan fingerprint density at radius 2 is 2.00 bits per heavy atom. The SMILES string of the molecule is N=C(N)N(SF)C(=O)c1ccccc1. The van der Waals surface area contributed by atoms with Crippen molar-refractivity contribution in [3.05, 3.63) is 35.9 Å². The first-order chi connectivity index (χ1) is 6.66. The second kappa shape index (κ2) is 4.61. The van der Waals surface area contributed by atoms with E-state index < -0.39 is 11.9 Å². The second-order valence-electron chi connectivity index (χ2n) is 2.42. The highest BCUT2D eigenvalue weighted by Gasteiger charge is 2.19. The molecule has 0 aliphatic carbocycles. The number of guanidine groups is 1. The summed E-state index contributed by atoms with van der Waals surface area (Å²) >= 11 is -0.385. The molecular formula is C8H8FN3OS. The van der Waals surface area contributed by atoms with E-state index in [1.807, 2.05) is 0 Å². The molecule has 0 unspecified atom stereocenters. The van der Waals surface area contributed by atoms with Gasteiger partial charge in [-0.3, -0.25) is 10.2 Å². The summed E-state index contributed by atoms with van der Waals surface area (Å²) in [5, 5.41) is 6.95. The molecule has 0 radical (unpaired) electrons. The van der Waals surface area contributed by atoms with Crippen molar-refractivity contribution >= 4 is 24.2 Å². The largest absolute Gasteiger partial charge is 0.369 e. The van der Waals surface area contributed by atoms with Crippen LogP contribution in [0.25, 0.3) is 0 Å². The van der Waals surface area contributed by atoms with Gasteiger partial charge in [-0.15, -0.1) is 3.89 Å². The number of benzene rings is 1. The van der Waals surface area contributed by atoms with Crippen molar-refractivity contribution < 1.29 is 8.68 Å². The number of nitrogens with zero attached hydrogens (tertiary/aromatic N) is 1. The summed E-state index contributed by atoms with van der Waals surface area (Å²) in [5.74, 6) is -1.28. The lowest BCUT2D eigenvalue weighted by Gasteiger charge is -2.13. The zero-order valence-electron chi connectivity index (χ0n) is 7.11. The molecule has 0 heterocycles. The van der Waals surface area contributed by atoms with E-state index in [0.717, 1.165) is 0 Å². The number of hydrogen-bond acceptors (Lipinski definition) is 3. The molecule has 0 atom stereocenters. The van der Waals surface area contributed by atoms with Crippen molar-refractivity contribution in [1.29, 1.82) is 5.41 Å². The van der Waals surface area contributed by atoms with Crippen LogP contribution < -0.4 is 5.73 Å². The lowest BCUT2D eigenvalue weighted by atomic mass is 10.2. The Kier molecular flexibility index (Phi) is 3.47. The molecule has 0 aromatic heterocycles. The molecule has 0 saturated heterocycles. The maximum Gasteiger partial charge on any atom is 0.272 e. The molecule has 0 aliphatic rings. The van der Waals surface area contributed by atoms with Crippen molar-refractivity contribution in [1.82, 2.24) is 4.31 Å². The van der Waals surface area contributed by atoms with Gasteiger partial charge in [0.2, 0.25) is 5.96 Å². The van der Waals surface area contributed by atoms with Crippen LogP contribution in [0.4, 0.5) is 3.89 Å². The average Bonchev–Trinajstić information content (AvgIpc) is 2.19. The molecular weight excluding hydrogens is 205 g/mol. The predicted octanol–water partition coefficient (Wildman–Crippen LogP) is 1.55. The molecule has 74 valence electrons. The first-order valence-corrected chi connectivity index (χ1v) is 4.36. The summed E-state index contributed by atoms with van der Waals surface area (Å²) in [6, 6.07) is 8.07. The fourth-order valence-corrected chi connectivity index (χ4v) is 1.12. The van der Waals surface area contributed by atoms with Crippen molar-refractivity contribution in [2.24, 2.45) is 5.73 Å². The number of carbonyl (C=O) groups is 1. The summed E-state index contributed by atoms with van der Waals surface area (Å²) in [4.78, 5) is 11.5. The van der Waals surface area contributed by atoms with E-state index in [-0.39, 0.29) is 17.9 Å². The van der Waals surface area contributed by atoms with Crippen LogP contribution in [0.2, 0.25) is 0 Å². The van der Waals surface area contributed by atoms with Crippen LogP contribution >= 0.6 is 12.3 Å². The summed E-state index contributed by atoms with van der Waals surface area (Å²) in [7, 11) is 0. The van der Waals surface area contributed by atoms with Gasteiger partial charge in [-0.05, 0) is 12.1 Å². The van der Waals surface area contributed by atoms with Crippen LogP contribution in [-0.4, -0.2) is 16.2 Å². The second-order valence-corrected chi connectivity index (χ2v) is 2.92. The average molecular weight is 213 g/mol. The highest BCUT2D eigenvalue weighted by atomic mass is 32.2. The van der Waals surface area contributed by atoms with Crippen LogP contribution in [0.15, 0.2) is 30.3 Å². The third-order valence-electron chi connectivity index (χ3n) is 1.49. The Labute approximate surface area is 84.8 Å². The molecule has 0 fully saturated rings. The van der Waals surface area contributed by atoms with E-state index >= 15 is 0 Å². The van der Waals surface area contributed by atoms with Gasteiger partial charge in [-0.2, -0.15) is 4.31 Å². The Bertz CT molecular complexity index is 344. The van der Waals surface area contributed by atoms with Gasteiger partial charge in [-0.25, -0.2) is 0 Å². The molecule has 1 amide bonds. The van der Waals surface area contributed by atoms with Gasteiger partial charge >= 0.3 is 0 Å². The first-order valence-electron chi connectivity index (χ1n) is 3.69. The molecule has 6 heteroatoms. The topological polar surface area (TPSA) is 70.2 Å². The van der Waals surface area contributed by atoms with Crippen LogP contribution in [-0.2, 0) is 0 Å². The van der Waals surface area contributed by atoms with Gasteiger partial charge < -0.3 is 5.73 Å². The number of halogens is 1. The standard InChI is InChI=1S/C8H8FN3OS/c9-14-12(8(10)11)7(13)6-4-2-1-3-5-6/h1-5H,(H3,10,11). The predicted molar refractivity (Wildman–Crippen MR) is 53.2 cm³/mol. The first kappa shape index (κ1) is 10.5. The number of nitrogens with one attached hydrogen (secondary N) is 1. The summed E-state index contributed by atoms with van der Waals surface area (Å²) in [6.45, 7) is 0. The molecule has 3 N–H and O–H groups in total. The van der Waals surface area contributed by atoms with E-state index in [4.69, 9.17) is 11.1 Å². The highest BCUT2D eigenvalue weighted by Crippen LogP contribution is 2.14. The minimum absolute atomic E-state index is 0.285. The minimum atomic E-state index is -0.648. The number of rotatable bonds is 2. The van der Waals surface area contributed by atoms with E-state index in [2.05, 4.69) is 0 Å². The van der Waals surface area contributed by atoms with Gasteiger partial charge in [0.15, 0.2) is 12.3 Å². The molecule has 0 spiro atoms. The van der Waals surface area contributed by atoms with Gasteiger partial charge in [0.1, 0.15) is 0 Å². The molecule has 1 aromatic rings. The number of nitrogens with two attached hydrogens (primary N) is 1. The van der Waals surface area contributed by atoms with Crippen molar-refractivity contribution in [3.8, 4) is 0 Å². The van der Waals surface area contributed by atoms with Crippen LogP contribution in [0.3, 0.4) is 0 Å². The Morgan fingerprint density at radius 1 is 1.43 bits per heavy atom. The quantitative estimate of drug-likeness (QED) is 0.445. The lowest BCUT2D eigenvalue weighted by Crippen LogP contribution is -2.35. The molecule has 1 rings (SSSR count). The fourth-order valence-electron chi connectivity index (χ4n) is 0.876. The monoisotopic (exact) mass is 213 g/mol. The normalized spacial score (nSPS) is 9.50. The third kappa shape index (κ3) is 2.23. The summed E-state index contributed by atoms with van der Waals surface area (Å²) in [5.41, 5.74) is 5.30. The van der Waals surface area contributed by atoms with E-state index in [9.17, 15) is 8.68 Å². The smallest absolute Gasteiger partial charge is 0.272 e.